The number of para-hydroxylation sites is 2. The molecule has 12 aromatic rings. The number of benzene rings is 9. The third-order valence-electron chi connectivity index (χ3n) is 11.2. The van der Waals surface area contributed by atoms with Crippen LogP contribution in [0.2, 0.25) is 0 Å². The zero-order chi connectivity index (χ0) is 36.7. The van der Waals surface area contributed by atoms with Gasteiger partial charge in [0.25, 0.3) is 0 Å². The van der Waals surface area contributed by atoms with Crippen molar-refractivity contribution in [1.29, 1.82) is 0 Å². The van der Waals surface area contributed by atoms with Gasteiger partial charge in [0.15, 0.2) is 11.6 Å². The molecule has 0 N–H and O–H groups in total. The lowest BCUT2D eigenvalue weighted by atomic mass is 9.98. The molecule has 0 radical (unpaired) electrons. The van der Waals surface area contributed by atoms with Gasteiger partial charge in [0.05, 0.1) is 11.0 Å². The highest BCUT2D eigenvalue weighted by Crippen LogP contribution is 2.43. The van der Waals surface area contributed by atoms with E-state index in [9.17, 15) is 0 Å². The summed E-state index contributed by atoms with van der Waals surface area (Å²) in [6.45, 7) is 0. The second kappa shape index (κ2) is 12.2. The zero-order valence-corrected chi connectivity index (χ0v) is 30.8. The number of nitrogens with zero attached hydrogens (tertiary/aromatic N) is 4. The molecular formula is C51H30N4S. The van der Waals surface area contributed by atoms with Crippen LogP contribution in [0.4, 0.5) is 0 Å². The largest absolute Gasteiger partial charge is 0.277 e. The van der Waals surface area contributed by atoms with E-state index in [0.29, 0.717) is 17.6 Å². The molecule has 0 aliphatic rings. The van der Waals surface area contributed by atoms with Crippen molar-refractivity contribution in [2.75, 3.05) is 0 Å². The van der Waals surface area contributed by atoms with E-state index in [4.69, 9.17) is 15.0 Å². The summed E-state index contributed by atoms with van der Waals surface area (Å²) in [6.07, 6.45) is 0. The van der Waals surface area contributed by atoms with Crippen molar-refractivity contribution in [2.24, 2.45) is 0 Å². The maximum Gasteiger partial charge on any atom is 0.238 e. The summed E-state index contributed by atoms with van der Waals surface area (Å²) in [6, 6.07) is 65.1. The number of hydrogen-bond donors (Lipinski definition) is 0. The Morgan fingerprint density at radius 1 is 0.375 bits per heavy atom. The molecule has 5 heteroatoms. The summed E-state index contributed by atoms with van der Waals surface area (Å²) >= 11 is 1.86. The van der Waals surface area contributed by atoms with Gasteiger partial charge < -0.3 is 0 Å². The summed E-state index contributed by atoms with van der Waals surface area (Å²) in [5.41, 5.74) is 6.27. The fraction of sp³-hybridized carbons (Fsp3) is 0. The van der Waals surface area contributed by atoms with Crippen LogP contribution in [-0.4, -0.2) is 19.5 Å². The first-order valence-corrected chi connectivity index (χ1v) is 19.7. The monoisotopic (exact) mass is 730 g/mol. The van der Waals surface area contributed by atoms with Crippen molar-refractivity contribution in [3.8, 4) is 39.9 Å². The number of rotatable bonds is 4. The molecule has 12 rings (SSSR count). The van der Waals surface area contributed by atoms with E-state index in [1.807, 2.05) is 11.3 Å². The molecule has 3 aromatic heterocycles. The van der Waals surface area contributed by atoms with Gasteiger partial charge in [-0.05, 0) is 74.3 Å². The van der Waals surface area contributed by atoms with Crippen molar-refractivity contribution in [2.45, 2.75) is 0 Å². The van der Waals surface area contributed by atoms with Gasteiger partial charge in [-0.25, -0.2) is 4.98 Å². The molecule has 0 atom stereocenters. The van der Waals surface area contributed by atoms with Gasteiger partial charge in [-0.1, -0.05) is 146 Å². The van der Waals surface area contributed by atoms with Gasteiger partial charge in [-0.3, -0.25) is 4.57 Å². The van der Waals surface area contributed by atoms with Crippen LogP contribution in [0.3, 0.4) is 0 Å². The topological polar surface area (TPSA) is 43.6 Å². The maximum atomic E-state index is 5.33. The Labute approximate surface area is 325 Å². The molecule has 0 unspecified atom stereocenters. The lowest BCUT2D eigenvalue weighted by Gasteiger charge is -2.13. The highest BCUT2D eigenvalue weighted by Gasteiger charge is 2.21. The van der Waals surface area contributed by atoms with E-state index in [1.165, 1.54) is 41.7 Å². The summed E-state index contributed by atoms with van der Waals surface area (Å²) < 4.78 is 4.84. The summed E-state index contributed by atoms with van der Waals surface area (Å²) in [5.74, 6) is 1.84. The van der Waals surface area contributed by atoms with Gasteiger partial charge in [0.2, 0.25) is 5.95 Å². The molecule has 0 saturated heterocycles. The van der Waals surface area contributed by atoms with Gasteiger partial charge >= 0.3 is 0 Å². The van der Waals surface area contributed by atoms with E-state index < -0.39 is 0 Å². The molecule has 9 aromatic carbocycles. The van der Waals surface area contributed by atoms with Gasteiger partial charge in [0, 0.05) is 47.6 Å². The Kier molecular flexibility index (Phi) is 6.76. The number of aromatic nitrogens is 4. The second-order valence-electron chi connectivity index (χ2n) is 14.4. The average Bonchev–Trinajstić information content (AvgIpc) is 3.82. The van der Waals surface area contributed by atoms with Crippen LogP contribution in [0.15, 0.2) is 182 Å². The summed E-state index contributed by atoms with van der Waals surface area (Å²) in [4.78, 5) is 15.9. The third kappa shape index (κ3) is 4.81. The van der Waals surface area contributed by atoms with Crippen LogP contribution in [0, 0.1) is 0 Å². The molecule has 0 fully saturated rings. The van der Waals surface area contributed by atoms with Crippen molar-refractivity contribution in [3.63, 3.8) is 0 Å². The van der Waals surface area contributed by atoms with Crippen LogP contribution >= 0.6 is 11.3 Å². The Morgan fingerprint density at radius 2 is 0.946 bits per heavy atom. The van der Waals surface area contributed by atoms with Crippen LogP contribution in [0.25, 0.3) is 114 Å². The van der Waals surface area contributed by atoms with Crippen LogP contribution in [0.5, 0.6) is 0 Å². The van der Waals surface area contributed by atoms with E-state index in [0.717, 1.165) is 54.8 Å². The SMILES string of the molecule is c1ccc2cc(-c3nc(-c4ccc5ccccc5c4)nc(-n4c5ccccc5c5cccc(-c6ccc7sc8ccc9ccccc9c8c7c6)c54)n3)ccc2c1. The molecule has 0 spiro atoms. The molecule has 0 bridgehead atoms. The van der Waals surface area contributed by atoms with Crippen molar-refractivity contribution in [3.05, 3.63) is 182 Å². The minimum Gasteiger partial charge on any atom is -0.277 e. The molecule has 0 saturated carbocycles. The standard InChI is InChI=1S/C51H30N4S/c1-3-13-34-28-37(22-20-31(34)10-1)49-52-50(38-23-21-32-11-2-4-14-35(32)29-38)54-51(53-49)55-44-19-8-7-16-41(44)42-18-9-17-40(48(42)55)36-25-26-45-43(30-36)47-39-15-6-5-12-33(39)24-27-46(47)56-45/h1-30H. The zero-order valence-electron chi connectivity index (χ0n) is 30.0. The van der Waals surface area contributed by atoms with Crippen molar-refractivity contribution < 1.29 is 0 Å². The third-order valence-corrected chi connectivity index (χ3v) is 12.3. The Balaban J connectivity index is 1.15. The Bertz CT molecular complexity index is 3460. The first-order valence-electron chi connectivity index (χ1n) is 18.8. The highest BCUT2D eigenvalue weighted by molar-refractivity contribution is 7.26. The van der Waals surface area contributed by atoms with Gasteiger partial charge in [0.1, 0.15) is 0 Å². The Morgan fingerprint density at radius 3 is 1.68 bits per heavy atom. The first kappa shape index (κ1) is 31.2. The molecule has 4 nitrogen and oxygen atoms in total. The second-order valence-corrected chi connectivity index (χ2v) is 15.5. The maximum absolute atomic E-state index is 5.33. The van der Waals surface area contributed by atoms with Crippen molar-refractivity contribution in [1.82, 2.24) is 19.5 Å². The quantitative estimate of drug-likeness (QED) is 0.181. The molecule has 0 amide bonds. The molecule has 3 heterocycles. The molecule has 0 aliphatic carbocycles. The number of fused-ring (bicyclic) bond motifs is 10. The minimum absolute atomic E-state index is 0.582. The average molecular weight is 731 g/mol. The first-order chi connectivity index (χ1) is 27.7. The predicted octanol–water partition coefficient (Wildman–Crippen LogP) is 13.8. The van der Waals surface area contributed by atoms with Crippen molar-refractivity contribution >= 4 is 85.6 Å². The molecule has 260 valence electrons. The van der Waals surface area contributed by atoms with Crippen LogP contribution in [0.1, 0.15) is 0 Å². The summed E-state index contributed by atoms with van der Waals surface area (Å²) in [7, 11) is 0. The lowest BCUT2D eigenvalue weighted by molar-refractivity contribution is 0.954. The molecule has 56 heavy (non-hydrogen) atoms. The van der Waals surface area contributed by atoms with E-state index in [-0.39, 0.29) is 0 Å². The van der Waals surface area contributed by atoms with E-state index in [1.54, 1.807) is 0 Å². The van der Waals surface area contributed by atoms with Crippen LogP contribution < -0.4 is 0 Å². The fourth-order valence-corrected chi connectivity index (χ4v) is 9.66. The smallest absolute Gasteiger partial charge is 0.238 e. The van der Waals surface area contributed by atoms with Gasteiger partial charge in [-0.15, -0.1) is 11.3 Å². The fourth-order valence-electron chi connectivity index (χ4n) is 8.55. The lowest BCUT2D eigenvalue weighted by Crippen LogP contribution is -2.07. The molecular weight excluding hydrogens is 701 g/mol. The number of hydrogen-bond acceptors (Lipinski definition) is 4. The minimum atomic E-state index is 0.582. The van der Waals surface area contributed by atoms with E-state index >= 15 is 0 Å². The Hall–Kier alpha value is -7.21. The molecule has 0 aliphatic heterocycles. The predicted molar refractivity (Wildman–Crippen MR) is 236 cm³/mol. The van der Waals surface area contributed by atoms with Crippen LogP contribution in [-0.2, 0) is 0 Å². The summed E-state index contributed by atoms with van der Waals surface area (Å²) in [5, 5.41) is 12.1. The number of thiophene rings is 1. The normalized spacial score (nSPS) is 11.9. The van der Waals surface area contributed by atoms with Gasteiger partial charge in [-0.2, -0.15) is 9.97 Å². The highest BCUT2D eigenvalue weighted by atomic mass is 32.1. The van der Waals surface area contributed by atoms with E-state index in [2.05, 4.69) is 187 Å².